The molecule has 0 spiro atoms. The van der Waals surface area contributed by atoms with Crippen molar-refractivity contribution in [3.63, 3.8) is 0 Å². The minimum Gasteiger partial charge on any atom is -0.459 e. The first-order chi connectivity index (χ1) is 9.06. The Balaban J connectivity index is 1.72. The van der Waals surface area contributed by atoms with Gasteiger partial charge >= 0.3 is 0 Å². The molecule has 0 aliphatic heterocycles. The van der Waals surface area contributed by atoms with E-state index in [0.29, 0.717) is 5.41 Å². The Morgan fingerprint density at radius 3 is 2.84 bits per heavy atom. The van der Waals surface area contributed by atoms with Crippen LogP contribution in [0.4, 0.5) is 0 Å². The molecule has 0 saturated heterocycles. The lowest BCUT2D eigenvalue weighted by atomic mass is 9.70. The maximum atomic E-state index is 5.92. The molecule has 1 saturated carbocycles. The number of nitrogens with one attached hydrogen (secondary N) is 1. The monoisotopic (exact) mass is 321 g/mol. The van der Waals surface area contributed by atoms with E-state index in [9.17, 15) is 0 Å². The fourth-order valence-electron chi connectivity index (χ4n) is 2.71. The van der Waals surface area contributed by atoms with Gasteiger partial charge in [0.25, 0.3) is 0 Å². The van der Waals surface area contributed by atoms with Crippen molar-refractivity contribution >= 4 is 26.9 Å². The van der Waals surface area contributed by atoms with Crippen molar-refractivity contribution in [1.29, 1.82) is 0 Å². The van der Waals surface area contributed by atoms with Gasteiger partial charge in [0.2, 0.25) is 0 Å². The van der Waals surface area contributed by atoms with Crippen LogP contribution in [0.2, 0.25) is 0 Å². The number of furan rings is 1. The van der Waals surface area contributed by atoms with Crippen molar-refractivity contribution in [2.45, 2.75) is 39.2 Å². The second-order valence-corrected chi connectivity index (χ2v) is 7.01. The van der Waals surface area contributed by atoms with E-state index in [-0.39, 0.29) is 6.04 Å². The maximum absolute atomic E-state index is 5.92. The number of halogens is 1. The highest BCUT2D eigenvalue weighted by Crippen LogP contribution is 2.40. The molecule has 1 aromatic heterocycles. The molecule has 1 aromatic carbocycles. The summed E-state index contributed by atoms with van der Waals surface area (Å²) in [5.41, 5.74) is 1.46. The van der Waals surface area contributed by atoms with E-state index in [1.807, 2.05) is 12.1 Å². The molecule has 1 N–H and O–H groups in total. The van der Waals surface area contributed by atoms with Gasteiger partial charge < -0.3 is 9.73 Å². The van der Waals surface area contributed by atoms with Crippen LogP contribution in [0.25, 0.3) is 11.0 Å². The van der Waals surface area contributed by atoms with Gasteiger partial charge in [-0.15, -0.1) is 0 Å². The molecular formula is C16H20BrNO. The third-order valence-corrected chi connectivity index (χ3v) is 4.81. The molecule has 0 bridgehead atoms. The van der Waals surface area contributed by atoms with Crippen molar-refractivity contribution in [3.8, 4) is 0 Å². The molecule has 1 fully saturated rings. The highest BCUT2D eigenvalue weighted by Gasteiger charge is 2.31. The Labute approximate surface area is 122 Å². The quantitative estimate of drug-likeness (QED) is 0.853. The largest absolute Gasteiger partial charge is 0.459 e. The van der Waals surface area contributed by atoms with E-state index in [4.69, 9.17) is 4.42 Å². The summed E-state index contributed by atoms with van der Waals surface area (Å²) in [6.45, 7) is 5.62. The number of hydrogen-bond acceptors (Lipinski definition) is 2. The Hall–Kier alpha value is -0.800. The first-order valence-electron chi connectivity index (χ1n) is 6.98. The summed E-state index contributed by atoms with van der Waals surface area (Å²) < 4.78 is 7.01. The standard InChI is InChI=1S/C16H20BrNO/c1-11(18-10-16(2)6-3-7-16)15-9-12-8-13(17)4-5-14(12)19-15/h4-5,8-9,11,18H,3,6-7,10H2,1-2H3. The Kier molecular flexibility index (Phi) is 3.44. The zero-order chi connectivity index (χ0) is 13.5. The second kappa shape index (κ2) is 4.95. The van der Waals surface area contributed by atoms with Crippen molar-refractivity contribution < 1.29 is 4.42 Å². The van der Waals surface area contributed by atoms with Crippen molar-refractivity contribution in [3.05, 3.63) is 34.5 Å². The first kappa shape index (κ1) is 13.2. The van der Waals surface area contributed by atoms with E-state index in [0.717, 1.165) is 27.7 Å². The summed E-state index contributed by atoms with van der Waals surface area (Å²) in [6.07, 6.45) is 4.07. The summed E-state index contributed by atoms with van der Waals surface area (Å²) in [5, 5.41) is 4.77. The molecule has 1 aliphatic carbocycles. The van der Waals surface area contributed by atoms with Gasteiger partial charge in [-0.3, -0.25) is 0 Å². The van der Waals surface area contributed by atoms with Gasteiger partial charge in [0, 0.05) is 16.4 Å². The predicted molar refractivity (Wildman–Crippen MR) is 82.3 cm³/mol. The Morgan fingerprint density at radius 2 is 2.16 bits per heavy atom. The maximum Gasteiger partial charge on any atom is 0.134 e. The summed E-state index contributed by atoms with van der Waals surface area (Å²) >= 11 is 3.50. The zero-order valence-corrected chi connectivity index (χ0v) is 13.1. The topological polar surface area (TPSA) is 25.2 Å². The van der Waals surface area contributed by atoms with E-state index in [2.05, 4.69) is 47.2 Å². The molecule has 2 nitrogen and oxygen atoms in total. The van der Waals surface area contributed by atoms with Crippen molar-refractivity contribution in [2.24, 2.45) is 5.41 Å². The molecule has 1 heterocycles. The fraction of sp³-hybridized carbons (Fsp3) is 0.500. The number of hydrogen-bond donors (Lipinski definition) is 1. The minimum atomic E-state index is 0.267. The zero-order valence-electron chi connectivity index (χ0n) is 11.5. The van der Waals surface area contributed by atoms with Gasteiger partial charge in [-0.1, -0.05) is 29.3 Å². The SMILES string of the molecule is CC(NCC1(C)CCC1)c1cc2cc(Br)ccc2o1. The van der Waals surface area contributed by atoms with Crippen LogP contribution in [-0.4, -0.2) is 6.54 Å². The van der Waals surface area contributed by atoms with Crippen LogP contribution in [-0.2, 0) is 0 Å². The number of fused-ring (bicyclic) bond motifs is 1. The lowest BCUT2D eigenvalue weighted by Crippen LogP contribution is -2.38. The Morgan fingerprint density at radius 1 is 1.37 bits per heavy atom. The lowest BCUT2D eigenvalue weighted by molar-refractivity contribution is 0.150. The van der Waals surface area contributed by atoms with E-state index >= 15 is 0 Å². The van der Waals surface area contributed by atoms with Crippen LogP contribution in [0.3, 0.4) is 0 Å². The van der Waals surface area contributed by atoms with Crippen LogP contribution in [0.5, 0.6) is 0 Å². The van der Waals surface area contributed by atoms with E-state index in [1.54, 1.807) is 0 Å². The summed E-state index contributed by atoms with van der Waals surface area (Å²) in [6, 6.07) is 8.54. The molecule has 19 heavy (non-hydrogen) atoms. The molecule has 3 rings (SSSR count). The molecule has 102 valence electrons. The molecule has 3 heteroatoms. The smallest absolute Gasteiger partial charge is 0.134 e. The van der Waals surface area contributed by atoms with Gasteiger partial charge in [-0.25, -0.2) is 0 Å². The molecule has 1 atom stereocenters. The highest BCUT2D eigenvalue weighted by atomic mass is 79.9. The van der Waals surface area contributed by atoms with Gasteiger partial charge in [-0.05, 0) is 49.4 Å². The summed E-state index contributed by atoms with van der Waals surface area (Å²) in [5.74, 6) is 1.02. The van der Waals surface area contributed by atoms with Crippen LogP contribution >= 0.6 is 15.9 Å². The fourth-order valence-corrected chi connectivity index (χ4v) is 3.08. The molecule has 2 aromatic rings. The Bertz CT molecular complexity index is 585. The van der Waals surface area contributed by atoms with E-state index < -0.39 is 0 Å². The average Bonchev–Trinajstić information content (AvgIpc) is 2.76. The number of rotatable bonds is 4. The normalized spacial score (nSPS) is 19.3. The first-order valence-corrected chi connectivity index (χ1v) is 7.77. The third-order valence-electron chi connectivity index (χ3n) is 4.32. The third kappa shape index (κ3) is 2.72. The van der Waals surface area contributed by atoms with Crippen LogP contribution in [0, 0.1) is 5.41 Å². The molecule has 0 amide bonds. The van der Waals surface area contributed by atoms with Crippen LogP contribution in [0.15, 0.2) is 33.2 Å². The average molecular weight is 322 g/mol. The molecular weight excluding hydrogens is 302 g/mol. The van der Waals surface area contributed by atoms with Crippen molar-refractivity contribution in [1.82, 2.24) is 5.32 Å². The summed E-state index contributed by atoms with van der Waals surface area (Å²) in [4.78, 5) is 0. The van der Waals surface area contributed by atoms with E-state index in [1.165, 1.54) is 19.3 Å². The van der Waals surface area contributed by atoms with Crippen LogP contribution < -0.4 is 5.32 Å². The summed E-state index contributed by atoms with van der Waals surface area (Å²) in [7, 11) is 0. The van der Waals surface area contributed by atoms with Crippen molar-refractivity contribution in [2.75, 3.05) is 6.54 Å². The predicted octanol–water partition coefficient (Wildman–Crippen LogP) is 5.04. The van der Waals surface area contributed by atoms with Gasteiger partial charge in [0.05, 0.1) is 6.04 Å². The lowest BCUT2D eigenvalue weighted by Gasteiger charge is -2.39. The van der Waals surface area contributed by atoms with Gasteiger partial charge in [-0.2, -0.15) is 0 Å². The minimum absolute atomic E-state index is 0.267. The van der Waals surface area contributed by atoms with Gasteiger partial charge in [0.1, 0.15) is 11.3 Å². The second-order valence-electron chi connectivity index (χ2n) is 6.10. The molecule has 1 unspecified atom stereocenters. The van der Waals surface area contributed by atoms with Crippen LogP contribution in [0.1, 0.15) is 44.9 Å². The van der Waals surface area contributed by atoms with Gasteiger partial charge in [0.15, 0.2) is 0 Å². The molecule has 0 radical (unpaired) electrons. The highest BCUT2D eigenvalue weighted by molar-refractivity contribution is 9.10. The number of benzene rings is 1. The molecule has 1 aliphatic rings.